The van der Waals surface area contributed by atoms with E-state index < -0.39 is 5.97 Å². The van der Waals surface area contributed by atoms with E-state index in [1.807, 2.05) is 18.7 Å². The van der Waals surface area contributed by atoms with Crippen molar-refractivity contribution in [1.29, 1.82) is 0 Å². The molecule has 0 aromatic heterocycles. The number of hydroxylamine groups is 1. The molecule has 0 fully saturated rings. The fourth-order valence-electron chi connectivity index (χ4n) is 1.59. The number of carbonyl (C=O) groups is 1. The Bertz CT molecular complexity index is 200. The van der Waals surface area contributed by atoms with Crippen molar-refractivity contribution in [3.63, 3.8) is 0 Å². The zero-order valence-corrected chi connectivity index (χ0v) is 10.4. The monoisotopic (exact) mass is 232 g/mol. The normalized spacial score (nSPS) is 15.1. The topological polar surface area (TPSA) is 72.8 Å². The molecule has 96 valence electrons. The van der Waals surface area contributed by atoms with Gasteiger partial charge in [0.15, 0.2) is 0 Å². The molecule has 0 amide bonds. The van der Waals surface area contributed by atoms with Crippen LogP contribution in [0.2, 0.25) is 0 Å². The largest absolute Gasteiger partial charge is 0.480 e. The first-order valence-electron chi connectivity index (χ1n) is 5.88. The van der Waals surface area contributed by atoms with Crippen molar-refractivity contribution in [1.82, 2.24) is 10.4 Å². The van der Waals surface area contributed by atoms with E-state index in [1.165, 1.54) is 0 Å². The van der Waals surface area contributed by atoms with E-state index in [-0.39, 0.29) is 18.6 Å². The molecule has 0 heterocycles. The smallest absolute Gasteiger partial charge is 0.317 e. The number of hydrogen-bond donors (Lipinski definition) is 3. The SMILES string of the molecule is CCCCCN(CC(=O)O)C(C)C(C)NO. The zero-order chi connectivity index (χ0) is 12.6. The van der Waals surface area contributed by atoms with Gasteiger partial charge in [-0.3, -0.25) is 9.69 Å². The first-order valence-corrected chi connectivity index (χ1v) is 5.88. The lowest BCUT2D eigenvalue weighted by atomic mass is 10.1. The lowest BCUT2D eigenvalue weighted by Crippen LogP contribution is -2.48. The predicted octanol–water partition coefficient (Wildman–Crippen LogP) is 1.32. The van der Waals surface area contributed by atoms with Crippen LogP contribution in [-0.2, 0) is 4.79 Å². The third-order valence-electron chi connectivity index (χ3n) is 2.89. The highest BCUT2D eigenvalue weighted by molar-refractivity contribution is 5.69. The molecule has 5 nitrogen and oxygen atoms in total. The first kappa shape index (κ1) is 15.3. The van der Waals surface area contributed by atoms with E-state index in [2.05, 4.69) is 12.4 Å². The van der Waals surface area contributed by atoms with Crippen LogP contribution in [0.5, 0.6) is 0 Å². The van der Waals surface area contributed by atoms with E-state index in [0.29, 0.717) is 0 Å². The van der Waals surface area contributed by atoms with Gasteiger partial charge in [0.1, 0.15) is 0 Å². The summed E-state index contributed by atoms with van der Waals surface area (Å²) in [6.45, 7) is 6.65. The number of rotatable bonds is 9. The lowest BCUT2D eigenvalue weighted by Gasteiger charge is -2.31. The van der Waals surface area contributed by atoms with Crippen LogP contribution in [0, 0.1) is 0 Å². The summed E-state index contributed by atoms with van der Waals surface area (Å²) in [7, 11) is 0. The summed E-state index contributed by atoms with van der Waals surface area (Å²) < 4.78 is 0. The molecule has 0 aromatic rings. The molecule has 5 heteroatoms. The molecule has 0 rings (SSSR count). The molecule has 2 unspecified atom stereocenters. The maximum atomic E-state index is 10.7. The third kappa shape index (κ3) is 6.05. The van der Waals surface area contributed by atoms with Crippen LogP contribution in [0.1, 0.15) is 40.0 Å². The quantitative estimate of drug-likeness (QED) is 0.413. The number of aliphatic carboxylic acids is 1. The maximum Gasteiger partial charge on any atom is 0.317 e. The number of hydrogen-bond acceptors (Lipinski definition) is 4. The van der Waals surface area contributed by atoms with Crippen molar-refractivity contribution in [3.8, 4) is 0 Å². The van der Waals surface area contributed by atoms with Crippen LogP contribution < -0.4 is 5.48 Å². The van der Waals surface area contributed by atoms with Gasteiger partial charge in [-0.2, -0.15) is 0 Å². The summed E-state index contributed by atoms with van der Waals surface area (Å²) in [6.07, 6.45) is 3.21. The van der Waals surface area contributed by atoms with Gasteiger partial charge in [-0.15, -0.1) is 0 Å². The number of unbranched alkanes of at least 4 members (excludes halogenated alkanes) is 2. The van der Waals surface area contributed by atoms with E-state index in [0.717, 1.165) is 25.8 Å². The molecule has 0 aliphatic carbocycles. The average Bonchev–Trinajstić information content (AvgIpc) is 2.25. The van der Waals surface area contributed by atoms with Gasteiger partial charge in [-0.25, -0.2) is 5.48 Å². The summed E-state index contributed by atoms with van der Waals surface area (Å²) >= 11 is 0. The van der Waals surface area contributed by atoms with E-state index in [9.17, 15) is 4.79 Å². The Morgan fingerprint density at radius 1 is 1.38 bits per heavy atom. The van der Waals surface area contributed by atoms with E-state index >= 15 is 0 Å². The highest BCUT2D eigenvalue weighted by atomic mass is 16.5. The molecule has 2 atom stereocenters. The molecule has 0 radical (unpaired) electrons. The molecule has 0 aromatic carbocycles. The van der Waals surface area contributed by atoms with Crippen molar-refractivity contribution in [2.45, 2.75) is 52.1 Å². The third-order valence-corrected chi connectivity index (χ3v) is 2.89. The van der Waals surface area contributed by atoms with Gasteiger partial charge in [-0.05, 0) is 26.8 Å². The Kier molecular flexibility index (Phi) is 8.15. The van der Waals surface area contributed by atoms with Gasteiger partial charge in [0.2, 0.25) is 0 Å². The average molecular weight is 232 g/mol. The van der Waals surface area contributed by atoms with Crippen molar-refractivity contribution in [3.05, 3.63) is 0 Å². The molecule has 0 spiro atoms. The molecule has 3 N–H and O–H groups in total. The van der Waals surface area contributed by atoms with Crippen molar-refractivity contribution >= 4 is 5.97 Å². The Hall–Kier alpha value is -0.650. The molecule has 0 bridgehead atoms. The van der Waals surface area contributed by atoms with Crippen LogP contribution >= 0.6 is 0 Å². The van der Waals surface area contributed by atoms with Crippen LogP contribution in [-0.4, -0.2) is 46.4 Å². The minimum absolute atomic E-state index is 0.00189. The van der Waals surface area contributed by atoms with Gasteiger partial charge in [0.25, 0.3) is 0 Å². The second-order valence-electron chi connectivity index (χ2n) is 4.23. The standard InChI is InChI=1S/C11H24N2O3/c1-4-5-6-7-13(8-11(14)15)10(3)9(2)12-16/h9-10,12,16H,4-8H2,1-3H3,(H,14,15). The Morgan fingerprint density at radius 2 is 2.00 bits per heavy atom. The molecular weight excluding hydrogens is 208 g/mol. The zero-order valence-electron chi connectivity index (χ0n) is 10.4. The summed E-state index contributed by atoms with van der Waals surface area (Å²) in [5, 5.41) is 17.7. The molecule has 16 heavy (non-hydrogen) atoms. The van der Waals surface area contributed by atoms with Crippen molar-refractivity contribution in [2.75, 3.05) is 13.1 Å². The number of carboxylic acids is 1. The predicted molar refractivity (Wildman–Crippen MR) is 62.6 cm³/mol. The highest BCUT2D eigenvalue weighted by Gasteiger charge is 2.21. The van der Waals surface area contributed by atoms with Gasteiger partial charge < -0.3 is 10.3 Å². The molecule has 0 aliphatic rings. The minimum Gasteiger partial charge on any atom is -0.480 e. The molecular formula is C11H24N2O3. The Morgan fingerprint density at radius 3 is 2.44 bits per heavy atom. The summed E-state index contributed by atoms with van der Waals surface area (Å²) in [6, 6.07) is -0.140. The number of nitrogens with one attached hydrogen (secondary N) is 1. The van der Waals surface area contributed by atoms with Crippen LogP contribution in [0.25, 0.3) is 0 Å². The van der Waals surface area contributed by atoms with Crippen LogP contribution in [0.3, 0.4) is 0 Å². The Labute approximate surface area is 97.4 Å². The minimum atomic E-state index is -0.825. The fourth-order valence-corrected chi connectivity index (χ4v) is 1.59. The number of nitrogens with zero attached hydrogens (tertiary/aromatic N) is 1. The molecule has 0 saturated heterocycles. The van der Waals surface area contributed by atoms with Gasteiger partial charge >= 0.3 is 5.97 Å². The second kappa shape index (κ2) is 8.50. The fraction of sp³-hybridized carbons (Fsp3) is 0.909. The summed E-state index contributed by atoms with van der Waals surface area (Å²) in [5.74, 6) is -0.825. The summed E-state index contributed by atoms with van der Waals surface area (Å²) in [4.78, 5) is 12.6. The van der Waals surface area contributed by atoms with Crippen molar-refractivity contribution < 1.29 is 15.1 Å². The first-order chi connectivity index (χ1) is 7.52. The highest BCUT2D eigenvalue weighted by Crippen LogP contribution is 2.07. The number of carboxylic acid groups (broad SMARTS) is 1. The van der Waals surface area contributed by atoms with Gasteiger partial charge in [-0.1, -0.05) is 19.8 Å². The van der Waals surface area contributed by atoms with Crippen LogP contribution in [0.4, 0.5) is 0 Å². The Balaban J connectivity index is 4.22. The van der Waals surface area contributed by atoms with Gasteiger partial charge in [0.05, 0.1) is 6.54 Å². The molecule has 0 aliphatic heterocycles. The maximum absolute atomic E-state index is 10.7. The van der Waals surface area contributed by atoms with Crippen LogP contribution in [0.15, 0.2) is 0 Å². The second-order valence-corrected chi connectivity index (χ2v) is 4.23. The van der Waals surface area contributed by atoms with Gasteiger partial charge in [0, 0.05) is 12.1 Å². The van der Waals surface area contributed by atoms with Crippen molar-refractivity contribution in [2.24, 2.45) is 0 Å². The van der Waals surface area contributed by atoms with E-state index in [1.54, 1.807) is 0 Å². The summed E-state index contributed by atoms with van der Waals surface area (Å²) in [5.41, 5.74) is 2.17. The molecule has 0 saturated carbocycles. The lowest BCUT2D eigenvalue weighted by molar-refractivity contribution is -0.139. The van der Waals surface area contributed by atoms with E-state index in [4.69, 9.17) is 10.3 Å².